The van der Waals surface area contributed by atoms with E-state index in [0.717, 1.165) is 0 Å². The molecule has 306 valence electrons. The van der Waals surface area contributed by atoms with E-state index in [1.54, 1.807) is 46.8 Å². The number of benzene rings is 2. The molecule has 0 saturated carbocycles. The topological polar surface area (TPSA) is 219 Å². The Balaban J connectivity index is 1.93. The number of esters is 1. The third-order valence-electron chi connectivity index (χ3n) is 10.6. The van der Waals surface area contributed by atoms with Crippen LogP contribution in [0.5, 0.6) is 23.0 Å². The Labute approximate surface area is 326 Å². The van der Waals surface area contributed by atoms with Gasteiger partial charge in [-0.1, -0.05) is 45.9 Å². The number of carbonyl (C=O) groups is 4. The summed E-state index contributed by atoms with van der Waals surface area (Å²) in [5, 5.41) is 50.7. The minimum atomic E-state index is -2.02. The van der Waals surface area contributed by atoms with Crippen molar-refractivity contribution in [1.82, 2.24) is 5.32 Å². The number of phenols is 2. The van der Waals surface area contributed by atoms with Crippen molar-refractivity contribution in [2.75, 3.05) is 25.6 Å². The average molecular weight is 783 g/mol. The summed E-state index contributed by atoms with van der Waals surface area (Å²) in [6, 6.07) is 1.24. The van der Waals surface area contributed by atoms with Crippen molar-refractivity contribution in [2.45, 2.75) is 92.5 Å². The minimum absolute atomic E-state index is 0.0639. The number of ether oxygens (including phenoxy) is 5. The van der Waals surface area contributed by atoms with Gasteiger partial charge in [0.1, 0.15) is 23.4 Å². The van der Waals surface area contributed by atoms with Crippen LogP contribution in [0.15, 0.2) is 42.2 Å². The second-order valence-corrected chi connectivity index (χ2v) is 14.6. The molecule has 0 aliphatic carbocycles. The molecule has 3 aliphatic rings. The molecule has 0 unspecified atom stereocenters. The van der Waals surface area contributed by atoms with Crippen LogP contribution in [-0.2, 0) is 28.6 Å². The molecule has 6 N–H and O–H groups in total. The molecule has 0 radical (unpaired) electrons. The SMILES string of the molecule is CCNC(=O)COc1cc2c(O)c3c(O)c(C)c4c(c13)C(=O)[C@@](C)(O/C=C/[C@H](OC)[C@H](C)[C@H](OC(C)=O)[C@H](C)[C@H](O)[C@H](C)[C@H](O)[C@@H](C)/C=C/C=C(/C)C(=O)N2)O4. The van der Waals surface area contributed by atoms with Gasteiger partial charge >= 0.3 is 11.8 Å². The van der Waals surface area contributed by atoms with E-state index in [1.807, 2.05) is 0 Å². The van der Waals surface area contributed by atoms with Crippen LogP contribution in [0.4, 0.5) is 5.69 Å². The van der Waals surface area contributed by atoms with Crippen LogP contribution in [0.2, 0.25) is 0 Å². The van der Waals surface area contributed by atoms with Crippen LogP contribution >= 0.6 is 0 Å². The summed E-state index contributed by atoms with van der Waals surface area (Å²) in [7, 11) is 1.43. The number of hydrogen-bond donors (Lipinski definition) is 6. The first-order valence-electron chi connectivity index (χ1n) is 18.5. The van der Waals surface area contributed by atoms with E-state index < -0.39 is 95.5 Å². The second-order valence-electron chi connectivity index (χ2n) is 14.6. The molecule has 5 bridgehead atoms. The number of aliphatic hydroxyl groups excluding tert-OH is 2. The van der Waals surface area contributed by atoms with E-state index in [-0.39, 0.29) is 44.7 Å². The molecule has 0 aromatic heterocycles. The van der Waals surface area contributed by atoms with E-state index in [2.05, 4.69) is 10.6 Å². The Morgan fingerprint density at radius 2 is 1.66 bits per heavy atom. The third-order valence-corrected chi connectivity index (χ3v) is 10.6. The first-order chi connectivity index (χ1) is 26.3. The summed E-state index contributed by atoms with van der Waals surface area (Å²) in [6.45, 7) is 14.0. The molecule has 56 heavy (non-hydrogen) atoms. The number of fused-ring (bicyclic) bond motifs is 14. The highest BCUT2D eigenvalue weighted by Crippen LogP contribution is 2.54. The monoisotopic (exact) mass is 782 g/mol. The number of allylic oxidation sites excluding steroid dienone is 2. The highest BCUT2D eigenvalue weighted by atomic mass is 16.7. The van der Waals surface area contributed by atoms with Gasteiger partial charge in [0.05, 0.1) is 41.2 Å². The number of amides is 2. The fraction of sp³-hybridized carbons (Fsp3) is 0.512. The first-order valence-corrected chi connectivity index (χ1v) is 18.5. The summed E-state index contributed by atoms with van der Waals surface area (Å²) in [5.41, 5.74) is -0.0351. The number of likely N-dealkylation sites (N-methyl/N-ethyl adjacent to an activating group) is 1. The number of phenolic OH excluding ortho intramolecular Hbond substituents is 2. The summed E-state index contributed by atoms with van der Waals surface area (Å²) >= 11 is 0. The van der Waals surface area contributed by atoms with Crippen molar-refractivity contribution < 1.29 is 63.3 Å². The summed E-state index contributed by atoms with van der Waals surface area (Å²) in [4.78, 5) is 52.6. The lowest BCUT2D eigenvalue weighted by atomic mass is 9.78. The quantitative estimate of drug-likeness (QED) is 0.175. The molecule has 0 saturated heterocycles. The third kappa shape index (κ3) is 8.79. The number of nitrogens with one attached hydrogen (secondary N) is 2. The van der Waals surface area contributed by atoms with E-state index >= 15 is 0 Å². The number of anilines is 1. The standard InChI is InChI=1S/C41H54N2O13/c1-11-42-29(45)18-53-28-17-26-36(49)31-30(28)32-38(24(7)35(31)48)56-41(9,39(32)50)54-16-15-27(52-10)21(4)37(55-25(8)44)23(6)34(47)22(5)33(46)19(2)13-12-14-20(3)40(51)43-26/h12-17,19,21-23,27,33-34,37,46-49H,11,18H2,1-10H3,(H,42,45)(H,43,51)/b13-12+,16-15+,20-14-/t19-,21-,22+,23+,27-,33+,34+,37-,41-/m0/s1. The molecule has 0 fully saturated rings. The van der Waals surface area contributed by atoms with Crippen LogP contribution in [0.1, 0.15) is 71.3 Å². The van der Waals surface area contributed by atoms with Gasteiger partial charge in [-0.3, -0.25) is 19.2 Å². The largest absolute Gasteiger partial charge is 0.507 e. The minimum Gasteiger partial charge on any atom is -0.507 e. The number of carbonyl (C=O) groups excluding carboxylic acids is 4. The van der Waals surface area contributed by atoms with Crippen molar-refractivity contribution in [3.63, 3.8) is 0 Å². The highest BCUT2D eigenvalue weighted by molar-refractivity contribution is 6.21. The maximum absolute atomic E-state index is 14.3. The van der Waals surface area contributed by atoms with E-state index in [1.165, 1.54) is 59.3 Å². The Kier molecular flexibility index (Phi) is 13.8. The van der Waals surface area contributed by atoms with E-state index in [4.69, 9.17) is 23.7 Å². The molecule has 2 aromatic rings. The van der Waals surface area contributed by atoms with Crippen LogP contribution in [0.3, 0.4) is 0 Å². The van der Waals surface area contributed by atoms with Gasteiger partial charge in [0.25, 0.3) is 17.6 Å². The lowest BCUT2D eigenvalue weighted by molar-refractivity contribution is -0.160. The van der Waals surface area contributed by atoms with Gasteiger partial charge in [-0.25, -0.2) is 0 Å². The molecular formula is C41H54N2O13. The van der Waals surface area contributed by atoms with Crippen LogP contribution in [0.25, 0.3) is 10.8 Å². The van der Waals surface area contributed by atoms with Gasteiger partial charge in [0.15, 0.2) is 12.4 Å². The predicted molar refractivity (Wildman–Crippen MR) is 206 cm³/mol. The molecule has 0 spiro atoms. The van der Waals surface area contributed by atoms with Crippen molar-refractivity contribution in [3.05, 3.63) is 53.3 Å². The van der Waals surface area contributed by atoms with Gasteiger partial charge in [-0.15, -0.1) is 0 Å². The summed E-state index contributed by atoms with van der Waals surface area (Å²) < 4.78 is 29.4. The fourth-order valence-corrected chi connectivity index (χ4v) is 7.14. The number of aliphatic hydroxyl groups is 2. The second kappa shape index (κ2) is 17.8. The normalized spacial score (nSPS) is 30.8. The van der Waals surface area contributed by atoms with Gasteiger partial charge in [0.2, 0.25) is 0 Å². The van der Waals surface area contributed by atoms with Crippen LogP contribution in [0, 0.1) is 30.6 Å². The maximum atomic E-state index is 14.3. The Bertz CT molecular complexity index is 1940. The van der Waals surface area contributed by atoms with Crippen molar-refractivity contribution in [3.8, 4) is 23.0 Å². The van der Waals surface area contributed by atoms with Gasteiger partial charge < -0.3 is 54.7 Å². The Morgan fingerprint density at radius 3 is 2.29 bits per heavy atom. The van der Waals surface area contributed by atoms with Crippen LogP contribution in [-0.4, -0.2) is 94.5 Å². The lowest BCUT2D eigenvalue weighted by Crippen LogP contribution is -2.46. The van der Waals surface area contributed by atoms with Crippen molar-refractivity contribution >= 4 is 40.0 Å². The van der Waals surface area contributed by atoms with Crippen molar-refractivity contribution in [2.24, 2.45) is 23.7 Å². The molecule has 9 atom stereocenters. The molecule has 2 aromatic carbocycles. The molecule has 15 heteroatoms. The zero-order valence-corrected chi connectivity index (χ0v) is 33.5. The van der Waals surface area contributed by atoms with Gasteiger partial charge in [-0.05, 0) is 26.8 Å². The highest BCUT2D eigenvalue weighted by Gasteiger charge is 2.49. The Hall–Kier alpha value is -5.12. The number of methoxy groups -OCH3 is 1. The number of Topliss-reactive ketones (excluding diaryl/α,β-unsaturated/α-hetero) is 1. The molecule has 5 rings (SSSR count). The smallest absolute Gasteiger partial charge is 0.312 e. The van der Waals surface area contributed by atoms with Gasteiger partial charge in [0, 0.05) is 73.8 Å². The molecular weight excluding hydrogens is 728 g/mol. The van der Waals surface area contributed by atoms with E-state index in [0.29, 0.717) is 6.54 Å². The van der Waals surface area contributed by atoms with Crippen molar-refractivity contribution in [1.29, 1.82) is 0 Å². The zero-order chi connectivity index (χ0) is 41.8. The Morgan fingerprint density at radius 1 is 0.982 bits per heavy atom. The number of rotatable bonds is 6. The zero-order valence-electron chi connectivity index (χ0n) is 33.5. The maximum Gasteiger partial charge on any atom is 0.312 e. The predicted octanol–water partition coefficient (Wildman–Crippen LogP) is 4.56. The molecule has 15 nitrogen and oxygen atoms in total. The number of hydrogen-bond acceptors (Lipinski definition) is 13. The summed E-state index contributed by atoms with van der Waals surface area (Å²) in [5.74, 6) is -8.18. The molecule has 2 amide bonds. The number of ketones is 1. The van der Waals surface area contributed by atoms with Crippen LogP contribution < -0.4 is 20.1 Å². The van der Waals surface area contributed by atoms with Gasteiger partial charge in [-0.2, -0.15) is 0 Å². The van der Waals surface area contributed by atoms with E-state index in [9.17, 15) is 39.6 Å². The lowest BCUT2D eigenvalue weighted by Gasteiger charge is -2.38. The average Bonchev–Trinajstić information content (AvgIpc) is 3.42. The first kappa shape index (κ1) is 43.6. The number of aromatic hydroxyl groups is 2. The fourth-order valence-electron chi connectivity index (χ4n) is 7.14. The summed E-state index contributed by atoms with van der Waals surface area (Å²) in [6.07, 6.45) is 3.57. The molecule has 3 heterocycles. The molecule has 3 aliphatic heterocycles.